The summed E-state index contributed by atoms with van der Waals surface area (Å²) in [5, 5.41) is 5.52. The number of para-hydroxylation sites is 1. The first kappa shape index (κ1) is 26.8. The van der Waals surface area contributed by atoms with Crippen molar-refractivity contribution in [1.29, 1.82) is 0 Å². The third-order valence-electron chi connectivity index (χ3n) is 5.85. The Morgan fingerprint density at radius 1 is 1.06 bits per heavy atom. The molecule has 1 aromatic heterocycles. The van der Waals surface area contributed by atoms with Crippen molar-refractivity contribution in [1.82, 2.24) is 15.5 Å². The molecule has 10 heteroatoms. The van der Waals surface area contributed by atoms with Gasteiger partial charge >= 0.3 is 5.97 Å². The van der Waals surface area contributed by atoms with Gasteiger partial charge in [-0.2, -0.15) is 0 Å². The summed E-state index contributed by atoms with van der Waals surface area (Å²) in [5.74, 6) is -1.86. The van der Waals surface area contributed by atoms with Crippen LogP contribution in [0.3, 0.4) is 0 Å². The molecule has 1 aliphatic rings. The van der Waals surface area contributed by atoms with Crippen LogP contribution in [0.2, 0.25) is 0 Å². The number of carbonyl (C=O) groups is 4. The SMILES string of the molecule is CCOC(=O)CN(C(=O)CNC(=O)c1ccco1)[C@H](C(=O)NC1CCCC1)c1ccccc1OCC. The molecule has 1 heterocycles. The first-order valence-corrected chi connectivity index (χ1v) is 12.2. The van der Waals surface area contributed by atoms with Gasteiger partial charge in [-0.3, -0.25) is 19.2 Å². The second-order valence-electron chi connectivity index (χ2n) is 8.35. The molecule has 2 N–H and O–H groups in total. The van der Waals surface area contributed by atoms with E-state index in [4.69, 9.17) is 13.9 Å². The Bertz CT molecular complexity index is 1030. The van der Waals surface area contributed by atoms with Gasteiger partial charge in [0.05, 0.1) is 26.0 Å². The van der Waals surface area contributed by atoms with Crippen LogP contribution in [0.25, 0.3) is 0 Å². The molecule has 1 fully saturated rings. The van der Waals surface area contributed by atoms with Gasteiger partial charge in [0, 0.05) is 11.6 Å². The predicted molar refractivity (Wildman–Crippen MR) is 130 cm³/mol. The summed E-state index contributed by atoms with van der Waals surface area (Å²) in [6, 6.07) is 8.73. The molecule has 1 aromatic carbocycles. The van der Waals surface area contributed by atoms with E-state index in [1.807, 2.05) is 6.92 Å². The number of amides is 3. The van der Waals surface area contributed by atoms with Crippen molar-refractivity contribution in [2.24, 2.45) is 0 Å². The van der Waals surface area contributed by atoms with E-state index in [2.05, 4.69) is 10.6 Å². The summed E-state index contributed by atoms with van der Waals surface area (Å²) in [6.07, 6.45) is 5.05. The van der Waals surface area contributed by atoms with E-state index >= 15 is 0 Å². The second kappa shape index (κ2) is 13.3. The molecule has 0 spiro atoms. The molecule has 1 atom stereocenters. The molecule has 0 radical (unpaired) electrons. The summed E-state index contributed by atoms with van der Waals surface area (Å²) >= 11 is 0. The maximum absolute atomic E-state index is 13.7. The third-order valence-corrected chi connectivity index (χ3v) is 5.85. The number of ether oxygens (including phenoxy) is 2. The van der Waals surface area contributed by atoms with Gasteiger partial charge in [-0.05, 0) is 44.9 Å². The molecule has 3 rings (SSSR count). The molecule has 1 saturated carbocycles. The molecule has 3 amide bonds. The minimum Gasteiger partial charge on any atom is -0.494 e. The van der Waals surface area contributed by atoms with Crippen LogP contribution in [-0.4, -0.2) is 60.9 Å². The van der Waals surface area contributed by atoms with Crippen molar-refractivity contribution >= 4 is 23.7 Å². The number of hydrogen-bond donors (Lipinski definition) is 2. The average molecular weight is 500 g/mol. The number of benzene rings is 1. The van der Waals surface area contributed by atoms with Crippen LogP contribution >= 0.6 is 0 Å². The molecule has 0 bridgehead atoms. The summed E-state index contributed by atoms with van der Waals surface area (Å²) in [4.78, 5) is 53.1. The third kappa shape index (κ3) is 7.10. The first-order valence-electron chi connectivity index (χ1n) is 12.2. The van der Waals surface area contributed by atoms with Crippen LogP contribution < -0.4 is 15.4 Å². The molecule has 10 nitrogen and oxygen atoms in total. The van der Waals surface area contributed by atoms with Crippen molar-refractivity contribution in [2.45, 2.75) is 51.6 Å². The van der Waals surface area contributed by atoms with Gasteiger partial charge in [0.1, 0.15) is 18.3 Å². The predicted octanol–water partition coefficient (Wildman–Crippen LogP) is 2.60. The standard InChI is InChI=1S/C26H33N3O7/c1-3-34-20-13-8-7-12-19(20)24(26(33)28-18-10-5-6-11-18)29(17-23(31)35-4-2)22(30)16-27-25(32)21-14-9-15-36-21/h7-9,12-15,18,24H,3-6,10-11,16-17H2,1-2H3,(H,27,32)(H,28,33)/t24-/m0/s1. The number of nitrogens with one attached hydrogen (secondary N) is 2. The molecule has 0 unspecified atom stereocenters. The normalized spacial score (nSPS) is 14.1. The number of nitrogens with zero attached hydrogens (tertiary/aromatic N) is 1. The van der Waals surface area contributed by atoms with Crippen molar-refractivity contribution < 1.29 is 33.1 Å². The van der Waals surface area contributed by atoms with E-state index in [0.717, 1.165) is 30.6 Å². The van der Waals surface area contributed by atoms with Crippen molar-refractivity contribution in [2.75, 3.05) is 26.3 Å². The van der Waals surface area contributed by atoms with Crippen molar-refractivity contribution in [3.05, 3.63) is 54.0 Å². The fourth-order valence-electron chi connectivity index (χ4n) is 4.22. The zero-order valence-electron chi connectivity index (χ0n) is 20.7. The van der Waals surface area contributed by atoms with Crippen LogP contribution in [0.1, 0.15) is 61.7 Å². The summed E-state index contributed by atoms with van der Waals surface area (Å²) in [5.41, 5.74) is 0.435. The number of furan rings is 1. The Morgan fingerprint density at radius 3 is 2.47 bits per heavy atom. The van der Waals surface area contributed by atoms with Gasteiger partial charge in [-0.15, -0.1) is 0 Å². The fraction of sp³-hybridized carbons (Fsp3) is 0.462. The lowest BCUT2D eigenvalue weighted by molar-refractivity contribution is -0.152. The number of hydrogen-bond acceptors (Lipinski definition) is 7. The van der Waals surface area contributed by atoms with Gasteiger partial charge < -0.3 is 29.4 Å². The average Bonchev–Trinajstić information content (AvgIpc) is 3.58. The molecule has 0 saturated heterocycles. The second-order valence-corrected chi connectivity index (χ2v) is 8.35. The Balaban J connectivity index is 1.93. The molecule has 194 valence electrons. The minimum absolute atomic E-state index is 0.0162. The maximum Gasteiger partial charge on any atom is 0.325 e. The Labute approximate surface area is 210 Å². The van der Waals surface area contributed by atoms with E-state index in [9.17, 15) is 19.2 Å². The van der Waals surface area contributed by atoms with Crippen LogP contribution in [0.5, 0.6) is 5.75 Å². The zero-order chi connectivity index (χ0) is 25.9. The molecule has 0 aliphatic heterocycles. The maximum atomic E-state index is 13.7. The van der Waals surface area contributed by atoms with Crippen LogP contribution in [0, 0.1) is 0 Å². The summed E-state index contributed by atoms with van der Waals surface area (Å²) in [6.45, 7) is 3.00. The first-order chi connectivity index (χ1) is 17.4. The summed E-state index contributed by atoms with van der Waals surface area (Å²) < 4.78 is 15.9. The highest BCUT2D eigenvalue weighted by Crippen LogP contribution is 2.31. The van der Waals surface area contributed by atoms with Gasteiger partial charge in [0.2, 0.25) is 11.8 Å². The quantitative estimate of drug-likeness (QED) is 0.430. The molecule has 1 aliphatic carbocycles. The van der Waals surface area contributed by atoms with Crippen molar-refractivity contribution in [3.8, 4) is 5.75 Å². The lowest BCUT2D eigenvalue weighted by Gasteiger charge is -2.32. The van der Waals surface area contributed by atoms with Crippen LogP contribution in [-0.2, 0) is 19.1 Å². The lowest BCUT2D eigenvalue weighted by Crippen LogP contribution is -2.50. The molecular weight excluding hydrogens is 466 g/mol. The smallest absolute Gasteiger partial charge is 0.325 e. The number of esters is 1. The lowest BCUT2D eigenvalue weighted by atomic mass is 10.0. The number of rotatable bonds is 12. The zero-order valence-corrected chi connectivity index (χ0v) is 20.7. The highest BCUT2D eigenvalue weighted by Gasteiger charge is 2.36. The largest absolute Gasteiger partial charge is 0.494 e. The highest BCUT2D eigenvalue weighted by atomic mass is 16.5. The van der Waals surface area contributed by atoms with E-state index in [0.29, 0.717) is 17.9 Å². The van der Waals surface area contributed by atoms with Crippen LogP contribution in [0.15, 0.2) is 47.1 Å². The summed E-state index contributed by atoms with van der Waals surface area (Å²) in [7, 11) is 0. The van der Waals surface area contributed by atoms with Crippen LogP contribution in [0.4, 0.5) is 0 Å². The Morgan fingerprint density at radius 2 is 1.81 bits per heavy atom. The highest BCUT2D eigenvalue weighted by molar-refractivity contribution is 5.96. The fourth-order valence-corrected chi connectivity index (χ4v) is 4.22. The van der Waals surface area contributed by atoms with Crippen molar-refractivity contribution in [3.63, 3.8) is 0 Å². The molecular formula is C26H33N3O7. The number of carbonyl (C=O) groups excluding carboxylic acids is 4. The van der Waals surface area contributed by atoms with E-state index < -0.39 is 42.8 Å². The van der Waals surface area contributed by atoms with Gasteiger partial charge in [0.15, 0.2) is 5.76 Å². The monoisotopic (exact) mass is 499 g/mol. The topological polar surface area (TPSA) is 127 Å². The van der Waals surface area contributed by atoms with Gasteiger partial charge in [-0.25, -0.2) is 0 Å². The van der Waals surface area contributed by atoms with E-state index in [-0.39, 0.29) is 18.4 Å². The van der Waals surface area contributed by atoms with Gasteiger partial charge in [0.25, 0.3) is 5.91 Å². The Kier molecular flexibility index (Phi) is 9.91. The van der Waals surface area contributed by atoms with E-state index in [1.54, 1.807) is 37.3 Å². The molecule has 36 heavy (non-hydrogen) atoms. The minimum atomic E-state index is -1.18. The van der Waals surface area contributed by atoms with E-state index in [1.165, 1.54) is 12.3 Å². The Hall–Kier alpha value is -3.82. The molecule has 2 aromatic rings. The van der Waals surface area contributed by atoms with Gasteiger partial charge in [-0.1, -0.05) is 31.0 Å².